The summed E-state index contributed by atoms with van der Waals surface area (Å²) in [4.78, 5) is 16.2. The predicted molar refractivity (Wildman–Crippen MR) is 87.8 cm³/mol. The fourth-order valence-electron chi connectivity index (χ4n) is 2.72. The summed E-state index contributed by atoms with van der Waals surface area (Å²) >= 11 is 0. The average Bonchev–Trinajstić information content (AvgIpc) is 2.60. The fraction of sp³-hybridized carbons (Fsp3) is 0.158. The van der Waals surface area contributed by atoms with E-state index in [9.17, 15) is 13.6 Å². The Labute approximate surface area is 137 Å². The number of pyridine rings is 1. The quantitative estimate of drug-likeness (QED) is 0.664. The highest BCUT2D eigenvalue weighted by Crippen LogP contribution is 2.31. The van der Waals surface area contributed by atoms with Gasteiger partial charge in [0.05, 0.1) is 18.4 Å². The molecule has 0 spiro atoms. The van der Waals surface area contributed by atoms with Crippen molar-refractivity contribution < 1.29 is 18.3 Å². The molecule has 0 N–H and O–H groups in total. The zero-order valence-corrected chi connectivity index (χ0v) is 13.3. The minimum Gasteiger partial charge on any atom is -0.465 e. The molecular weight excluding hydrogens is 312 g/mol. The molecule has 0 bridgehead atoms. The third kappa shape index (κ3) is 2.73. The molecule has 0 saturated carbocycles. The molecule has 3 rings (SSSR count). The van der Waals surface area contributed by atoms with Crippen molar-refractivity contribution in [3.8, 4) is 11.3 Å². The van der Waals surface area contributed by atoms with Crippen molar-refractivity contribution in [2.45, 2.75) is 13.3 Å². The molecule has 0 radical (unpaired) electrons. The number of hydrogen-bond acceptors (Lipinski definition) is 3. The van der Waals surface area contributed by atoms with Crippen molar-refractivity contribution in [1.82, 2.24) is 4.98 Å². The maximum absolute atomic E-state index is 14.2. The smallest absolute Gasteiger partial charge is 0.337 e. The second-order valence-corrected chi connectivity index (χ2v) is 5.36. The van der Waals surface area contributed by atoms with Crippen molar-refractivity contribution in [2.24, 2.45) is 0 Å². The summed E-state index contributed by atoms with van der Waals surface area (Å²) in [5, 5.41) is 1.50. The maximum Gasteiger partial charge on any atom is 0.337 e. The summed E-state index contributed by atoms with van der Waals surface area (Å²) < 4.78 is 32.1. The van der Waals surface area contributed by atoms with E-state index in [2.05, 4.69) is 4.98 Å². The summed E-state index contributed by atoms with van der Waals surface area (Å²) in [7, 11) is 1.30. The summed E-state index contributed by atoms with van der Waals surface area (Å²) in [6, 6.07) is 8.45. The lowest BCUT2D eigenvalue weighted by atomic mass is 9.97. The first-order valence-corrected chi connectivity index (χ1v) is 7.50. The Balaban J connectivity index is 2.32. The van der Waals surface area contributed by atoms with Gasteiger partial charge in [-0.1, -0.05) is 13.0 Å². The van der Waals surface area contributed by atoms with Crippen LogP contribution in [0.5, 0.6) is 0 Å². The van der Waals surface area contributed by atoms with Gasteiger partial charge in [-0.2, -0.15) is 0 Å². The van der Waals surface area contributed by atoms with Gasteiger partial charge in [0, 0.05) is 23.2 Å². The topological polar surface area (TPSA) is 39.2 Å². The van der Waals surface area contributed by atoms with Crippen molar-refractivity contribution in [1.29, 1.82) is 0 Å². The zero-order valence-electron chi connectivity index (χ0n) is 13.3. The van der Waals surface area contributed by atoms with E-state index in [0.29, 0.717) is 16.6 Å². The van der Waals surface area contributed by atoms with Gasteiger partial charge in [0.25, 0.3) is 0 Å². The van der Waals surface area contributed by atoms with Crippen LogP contribution in [0.2, 0.25) is 0 Å². The van der Waals surface area contributed by atoms with Gasteiger partial charge < -0.3 is 4.74 Å². The van der Waals surface area contributed by atoms with Crippen molar-refractivity contribution in [2.75, 3.05) is 7.11 Å². The van der Waals surface area contributed by atoms with Crippen LogP contribution in [0.4, 0.5) is 8.78 Å². The largest absolute Gasteiger partial charge is 0.465 e. The number of halogens is 2. The van der Waals surface area contributed by atoms with Gasteiger partial charge >= 0.3 is 5.97 Å². The number of aryl methyl sites for hydroxylation is 1. The van der Waals surface area contributed by atoms with Crippen LogP contribution in [-0.4, -0.2) is 18.1 Å². The maximum atomic E-state index is 14.2. The highest BCUT2D eigenvalue weighted by atomic mass is 19.1. The molecular formula is C19H15F2NO2. The lowest BCUT2D eigenvalue weighted by molar-refractivity contribution is 0.0601. The molecule has 0 aliphatic carbocycles. The number of ether oxygens (including phenoxy) is 1. The van der Waals surface area contributed by atoms with Crippen LogP contribution in [0.1, 0.15) is 22.8 Å². The average molecular weight is 327 g/mol. The molecule has 0 amide bonds. The van der Waals surface area contributed by atoms with Crippen LogP contribution in [0.3, 0.4) is 0 Å². The molecule has 122 valence electrons. The highest BCUT2D eigenvalue weighted by Gasteiger charge is 2.15. The number of carbonyl (C=O) groups is 1. The molecule has 3 aromatic rings. The minimum atomic E-state index is -0.698. The number of benzene rings is 2. The molecule has 0 aliphatic heterocycles. The lowest BCUT2D eigenvalue weighted by Gasteiger charge is -2.11. The summed E-state index contributed by atoms with van der Waals surface area (Å²) in [5.74, 6) is -1.83. The van der Waals surface area contributed by atoms with Crippen molar-refractivity contribution in [3.05, 3.63) is 65.4 Å². The van der Waals surface area contributed by atoms with Crippen LogP contribution >= 0.6 is 0 Å². The van der Waals surface area contributed by atoms with Gasteiger partial charge in [0.2, 0.25) is 0 Å². The van der Waals surface area contributed by atoms with E-state index in [-0.39, 0.29) is 5.56 Å². The number of esters is 1. The second-order valence-electron chi connectivity index (χ2n) is 5.36. The predicted octanol–water partition coefficient (Wildman–Crippen LogP) is 4.53. The Morgan fingerprint density at radius 2 is 1.92 bits per heavy atom. The van der Waals surface area contributed by atoms with Gasteiger partial charge in [-0.3, -0.25) is 4.98 Å². The van der Waals surface area contributed by atoms with Crippen molar-refractivity contribution >= 4 is 16.7 Å². The zero-order chi connectivity index (χ0) is 17.3. The Bertz CT molecular complexity index is 938. The Morgan fingerprint density at radius 3 is 2.58 bits per heavy atom. The van der Waals surface area contributed by atoms with Gasteiger partial charge in [0.15, 0.2) is 0 Å². The molecule has 1 heterocycles. The molecule has 0 atom stereocenters. The third-order valence-corrected chi connectivity index (χ3v) is 3.96. The molecule has 1 aromatic heterocycles. The number of carbonyl (C=O) groups excluding carboxylic acids is 1. The number of aromatic nitrogens is 1. The molecule has 2 aromatic carbocycles. The monoisotopic (exact) mass is 327 g/mol. The van der Waals surface area contributed by atoms with Gasteiger partial charge in [-0.15, -0.1) is 0 Å². The van der Waals surface area contributed by atoms with E-state index in [1.807, 2.05) is 6.92 Å². The van der Waals surface area contributed by atoms with Crippen molar-refractivity contribution in [3.63, 3.8) is 0 Å². The van der Waals surface area contributed by atoms with E-state index in [0.717, 1.165) is 23.4 Å². The van der Waals surface area contributed by atoms with E-state index >= 15 is 0 Å². The number of hydrogen-bond donors (Lipinski definition) is 0. The first-order chi connectivity index (χ1) is 11.5. The lowest BCUT2D eigenvalue weighted by Crippen LogP contribution is -2.02. The highest BCUT2D eigenvalue weighted by molar-refractivity contribution is 6.01. The Morgan fingerprint density at radius 1 is 1.12 bits per heavy atom. The van der Waals surface area contributed by atoms with E-state index in [1.165, 1.54) is 19.2 Å². The van der Waals surface area contributed by atoms with Crippen LogP contribution in [0.15, 0.2) is 42.6 Å². The standard InChI is InChI=1S/C19H15F2NO2/c1-3-11-10-22-18(15-7-5-13(20)9-17(15)21)16-8-12(19(23)24-2)4-6-14(11)16/h4-10H,3H2,1-2H3. The first-order valence-electron chi connectivity index (χ1n) is 7.50. The first kappa shape index (κ1) is 16.1. The van der Waals surface area contributed by atoms with Gasteiger partial charge in [0.1, 0.15) is 11.6 Å². The van der Waals surface area contributed by atoms with Crippen LogP contribution in [0.25, 0.3) is 22.0 Å². The fourth-order valence-corrected chi connectivity index (χ4v) is 2.72. The van der Waals surface area contributed by atoms with Crippen LogP contribution < -0.4 is 0 Å². The Kier molecular flexibility index (Phi) is 4.25. The molecule has 0 unspecified atom stereocenters. The van der Waals surface area contributed by atoms with Crippen LogP contribution in [-0.2, 0) is 11.2 Å². The number of methoxy groups -OCH3 is 1. The number of rotatable bonds is 3. The number of fused-ring (bicyclic) bond motifs is 1. The van der Waals surface area contributed by atoms with Crippen LogP contribution in [0, 0.1) is 11.6 Å². The van der Waals surface area contributed by atoms with E-state index < -0.39 is 17.6 Å². The van der Waals surface area contributed by atoms with Gasteiger partial charge in [-0.05, 0) is 41.6 Å². The normalized spacial score (nSPS) is 10.8. The summed E-state index contributed by atoms with van der Waals surface area (Å²) in [6.45, 7) is 1.99. The molecule has 3 nitrogen and oxygen atoms in total. The van der Waals surface area contributed by atoms with E-state index in [4.69, 9.17) is 4.74 Å². The third-order valence-electron chi connectivity index (χ3n) is 3.96. The van der Waals surface area contributed by atoms with Gasteiger partial charge in [-0.25, -0.2) is 13.6 Å². The molecule has 0 saturated heterocycles. The molecule has 0 fully saturated rings. The molecule has 0 aliphatic rings. The molecule has 24 heavy (non-hydrogen) atoms. The minimum absolute atomic E-state index is 0.186. The summed E-state index contributed by atoms with van der Waals surface area (Å²) in [6.07, 6.45) is 2.42. The summed E-state index contributed by atoms with van der Waals surface area (Å²) in [5.41, 5.74) is 1.88. The Hall–Kier alpha value is -2.82. The SMILES string of the molecule is CCc1cnc(-c2ccc(F)cc2F)c2cc(C(=O)OC)ccc12. The number of nitrogens with zero attached hydrogens (tertiary/aromatic N) is 1. The van der Waals surface area contributed by atoms with E-state index in [1.54, 1.807) is 24.4 Å². The second kappa shape index (κ2) is 6.35. The molecule has 5 heteroatoms.